The van der Waals surface area contributed by atoms with Crippen LogP contribution in [-0.4, -0.2) is 22.0 Å². The summed E-state index contributed by atoms with van der Waals surface area (Å²) < 4.78 is 0. The molecule has 0 saturated heterocycles. The van der Waals surface area contributed by atoms with Crippen molar-refractivity contribution in [3.63, 3.8) is 0 Å². The van der Waals surface area contributed by atoms with E-state index >= 15 is 0 Å². The number of carbonyl (C=O) groups excluding carboxylic acids is 2. The molecule has 0 radical (unpaired) electrons. The van der Waals surface area contributed by atoms with Gasteiger partial charge in [-0.15, -0.1) is 0 Å². The Labute approximate surface area is 109 Å². The predicted octanol–water partition coefficient (Wildman–Crippen LogP) is 1.45. The number of nitrogens with one attached hydrogen (secondary N) is 2. The smallest absolute Gasteiger partial charge is 0.274 e. The van der Waals surface area contributed by atoms with Crippen molar-refractivity contribution in [3.8, 4) is 0 Å². The molecule has 1 heterocycles. The van der Waals surface area contributed by atoms with Crippen LogP contribution in [-0.2, 0) is 0 Å². The molecular weight excluding hydrogens is 246 g/mol. The molecule has 2 aromatic rings. The van der Waals surface area contributed by atoms with Crippen molar-refractivity contribution in [2.24, 2.45) is 0 Å². The van der Waals surface area contributed by atoms with Crippen LogP contribution in [0.1, 0.15) is 20.8 Å². The van der Waals surface area contributed by atoms with E-state index in [1.807, 2.05) is 0 Å². The average Bonchev–Trinajstić information content (AvgIpc) is 2.48. The zero-order valence-electron chi connectivity index (χ0n) is 9.83. The lowest BCUT2D eigenvalue weighted by molar-refractivity contribution is 0.0706. The van der Waals surface area contributed by atoms with E-state index in [4.69, 9.17) is 5.21 Å². The van der Waals surface area contributed by atoms with Gasteiger partial charge in [-0.2, -0.15) is 0 Å². The highest BCUT2D eigenvalue weighted by Gasteiger charge is 2.07. The van der Waals surface area contributed by atoms with Crippen LogP contribution < -0.4 is 10.8 Å². The number of amides is 2. The van der Waals surface area contributed by atoms with Crippen LogP contribution in [0.4, 0.5) is 5.69 Å². The van der Waals surface area contributed by atoms with Crippen LogP contribution in [0.5, 0.6) is 0 Å². The normalized spacial score (nSPS) is 9.74. The molecule has 0 bridgehead atoms. The van der Waals surface area contributed by atoms with Gasteiger partial charge >= 0.3 is 0 Å². The van der Waals surface area contributed by atoms with E-state index in [2.05, 4.69) is 10.3 Å². The van der Waals surface area contributed by atoms with Crippen molar-refractivity contribution >= 4 is 17.5 Å². The van der Waals surface area contributed by atoms with Crippen molar-refractivity contribution in [2.75, 3.05) is 5.32 Å². The van der Waals surface area contributed by atoms with Gasteiger partial charge in [-0.1, -0.05) is 6.07 Å². The molecular formula is C13H11N3O3. The summed E-state index contributed by atoms with van der Waals surface area (Å²) in [6.07, 6.45) is 1.53. The highest BCUT2D eigenvalue weighted by atomic mass is 16.5. The van der Waals surface area contributed by atoms with E-state index in [0.29, 0.717) is 16.9 Å². The van der Waals surface area contributed by atoms with Crippen LogP contribution in [0.15, 0.2) is 48.7 Å². The van der Waals surface area contributed by atoms with Crippen LogP contribution >= 0.6 is 0 Å². The van der Waals surface area contributed by atoms with Gasteiger partial charge in [0, 0.05) is 17.4 Å². The first kappa shape index (κ1) is 12.7. The van der Waals surface area contributed by atoms with E-state index in [0.717, 1.165) is 0 Å². The Morgan fingerprint density at radius 2 is 1.74 bits per heavy atom. The Hall–Kier alpha value is -2.73. The molecule has 2 amide bonds. The van der Waals surface area contributed by atoms with Gasteiger partial charge in [-0.3, -0.25) is 19.8 Å². The van der Waals surface area contributed by atoms with Crippen molar-refractivity contribution in [2.45, 2.75) is 0 Å². The molecule has 1 aromatic heterocycles. The van der Waals surface area contributed by atoms with Gasteiger partial charge in [-0.05, 0) is 36.4 Å². The lowest BCUT2D eigenvalue weighted by atomic mass is 10.2. The Bertz CT molecular complexity index is 582. The maximum Gasteiger partial charge on any atom is 0.274 e. The summed E-state index contributed by atoms with van der Waals surface area (Å²) in [5.74, 6) is -0.942. The molecule has 0 fully saturated rings. The van der Waals surface area contributed by atoms with Crippen LogP contribution in [0, 0.1) is 0 Å². The number of hydroxylamine groups is 1. The maximum atomic E-state index is 11.8. The van der Waals surface area contributed by atoms with Crippen molar-refractivity contribution in [3.05, 3.63) is 59.9 Å². The summed E-state index contributed by atoms with van der Waals surface area (Å²) in [7, 11) is 0. The molecule has 6 heteroatoms. The minimum atomic E-state index is -0.609. The number of nitrogens with zero attached hydrogens (tertiary/aromatic N) is 1. The summed E-state index contributed by atoms with van der Waals surface area (Å²) in [6, 6.07) is 11.1. The lowest BCUT2D eigenvalue weighted by Gasteiger charge is -2.05. The largest absolute Gasteiger partial charge is 0.321 e. The van der Waals surface area contributed by atoms with Crippen LogP contribution in [0.2, 0.25) is 0 Å². The number of pyridine rings is 1. The first-order valence-corrected chi connectivity index (χ1v) is 5.47. The second kappa shape index (κ2) is 5.74. The lowest BCUT2D eigenvalue weighted by Crippen LogP contribution is -2.18. The number of hydrogen-bond acceptors (Lipinski definition) is 4. The zero-order valence-corrected chi connectivity index (χ0v) is 9.83. The van der Waals surface area contributed by atoms with E-state index in [9.17, 15) is 9.59 Å². The second-order valence-corrected chi connectivity index (χ2v) is 3.69. The Morgan fingerprint density at radius 3 is 2.32 bits per heavy atom. The van der Waals surface area contributed by atoms with Gasteiger partial charge in [0.1, 0.15) is 5.69 Å². The minimum absolute atomic E-state index is 0.290. The monoisotopic (exact) mass is 257 g/mol. The molecule has 96 valence electrons. The molecule has 1 aromatic carbocycles. The fraction of sp³-hybridized carbons (Fsp3) is 0. The third-order valence-corrected chi connectivity index (χ3v) is 2.40. The van der Waals surface area contributed by atoms with E-state index in [-0.39, 0.29) is 5.91 Å². The number of carbonyl (C=O) groups is 2. The molecule has 0 aliphatic carbocycles. The molecule has 19 heavy (non-hydrogen) atoms. The molecule has 0 spiro atoms. The predicted molar refractivity (Wildman–Crippen MR) is 67.9 cm³/mol. The fourth-order valence-corrected chi connectivity index (χ4v) is 1.46. The quantitative estimate of drug-likeness (QED) is 0.573. The van der Waals surface area contributed by atoms with Gasteiger partial charge in [-0.25, -0.2) is 5.48 Å². The van der Waals surface area contributed by atoms with Crippen LogP contribution in [0.3, 0.4) is 0 Å². The van der Waals surface area contributed by atoms with Crippen molar-refractivity contribution < 1.29 is 14.8 Å². The summed E-state index contributed by atoms with van der Waals surface area (Å²) in [6.45, 7) is 0. The summed E-state index contributed by atoms with van der Waals surface area (Å²) >= 11 is 0. The molecule has 0 saturated carbocycles. The Morgan fingerprint density at radius 1 is 1.00 bits per heavy atom. The second-order valence-electron chi connectivity index (χ2n) is 3.69. The highest BCUT2D eigenvalue weighted by Crippen LogP contribution is 2.10. The zero-order chi connectivity index (χ0) is 13.7. The Balaban J connectivity index is 2.08. The van der Waals surface area contributed by atoms with E-state index in [1.54, 1.807) is 30.3 Å². The van der Waals surface area contributed by atoms with Gasteiger partial charge in [0.2, 0.25) is 0 Å². The van der Waals surface area contributed by atoms with Crippen molar-refractivity contribution in [1.82, 2.24) is 10.5 Å². The number of benzene rings is 1. The highest BCUT2D eigenvalue weighted by molar-refractivity contribution is 6.03. The van der Waals surface area contributed by atoms with E-state index < -0.39 is 5.91 Å². The molecule has 0 atom stereocenters. The number of hydrogen-bond donors (Lipinski definition) is 3. The van der Waals surface area contributed by atoms with Crippen molar-refractivity contribution in [1.29, 1.82) is 0 Å². The maximum absolute atomic E-state index is 11.8. The van der Waals surface area contributed by atoms with Gasteiger partial charge in [0.25, 0.3) is 11.8 Å². The summed E-state index contributed by atoms with van der Waals surface area (Å²) in [5.41, 5.74) is 2.66. The number of rotatable bonds is 3. The average molecular weight is 257 g/mol. The Kier molecular flexibility index (Phi) is 3.84. The first-order valence-electron chi connectivity index (χ1n) is 5.47. The molecule has 2 rings (SSSR count). The van der Waals surface area contributed by atoms with E-state index in [1.165, 1.54) is 23.8 Å². The third kappa shape index (κ3) is 3.14. The fourth-order valence-electron chi connectivity index (χ4n) is 1.46. The number of aromatic nitrogens is 1. The third-order valence-electron chi connectivity index (χ3n) is 2.40. The standard InChI is InChI=1S/C13H11N3O3/c17-12(16-19)9-4-6-10(7-5-9)15-13(18)11-3-1-2-8-14-11/h1-8,19H,(H,15,18)(H,16,17). The number of anilines is 1. The van der Waals surface area contributed by atoms with Gasteiger partial charge < -0.3 is 5.32 Å². The summed E-state index contributed by atoms with van der Waals surface area (Å²) in [4.78, 5) is 26.8. The minimum Gasteiger partial charge on any atom is -0.321 e. The SMILES string of the molecule is O=C(NO)c1ccc(NC(=O)c2ccccn2)cc1. The molecule has 0 aliphatic rings. The van der Waals surface area contributed by atoms with Gasteiger partial charge in [0.05, 0.1) is 0 Å². The van der Waals surface area contributed by atoms with Gasteiger partial charge in [0.15, 0.2) is 0 Å². The molecule has 6 nitrogen and oxygen atoms in total. The van der Waals surface area contributed by atoms with Crippen LogP contribution in [0.25, 0.3) is 0 Å². The summed E-state index contributed by atoms with van der Waals surface area (Å²) in [5, 5.41) is 11.1. The molecule has 0 unspecified atom stereocenters. The topological polar surface area (TPSA) is 91.3 Å². The molecule has 0 aliphatic heterocycles. The first-order chi connectivity index (χ1) is 9.20. The molecule has 3 N–H and O–H groups in total.